The molecule has 0 fully saturated rings. The van der Waals surface area contributed by atoms with E-state index in [9.17, 15) is 13.6 Å². The summed E-state index contributed by atoms with van der Waals surface area (Å²) in [4.78, 5) is 20.9. The topological polar surface area (TPSA) is 72.7 Å². The number of alkyl halides is 2. The number of anilines is 1. The number of nitrogens with one attached hydrogen (secondary N) is 1. The maximum atomic E-state index is 13.4. The predicted molar refractivity (Wildman–Crippen MR) is 114 cm³/mol. The second-order valence-corrected chi connectivity index (χ2v) is 7.37. The molecule has 0 spiro atoms. The van der Waals surface area contributed by atoms with Crippen molar-refractivity contribution in [1.29, 1.82) is 0 Å². The number of carbonyl (C=O) groups excluding carboxylic acids is 1. The van der Waals surface area contributed by atoms with Crippen molar-refractivity contribution in [3.8, 4) is 0 Å². The third-order valence-corrected chi connectivity index (χ3v) is 4.96. The van der Waals surface area contributed by atoms with Crippen LogP contribution in [0.25, 0.3) is 11.0 Å². The van der Waals surface area contributed by atoms with E-state index in [-0.39, 0.29) is 23.7 Å². The van der Waals surface area contributed by atoms with Crippen LogP contribution >= 0.6 is 0 Å². The highest BCUT2D eigenvalue weighted by atomic mass is 19.3. The van der Waals surface area contributed by atoms with E-state index in [1.807, 2.05) is 36.4 Å². The van der Waals surface area contributed by atoms with Crippen molar-refractivity contribution in [2.75, 3.05) is 5.32 Å². The minimum atomic E-state index is -2.64. The third-order valence-electron chi connectivity index (χ3n) is 4.96. The summed E-state index contributed by atoms with van der Waals surface area (Å²) < 4.78 is 28.3. The molecule has 1 amide bonds. The van der Waals surface area contributed by atoms with Gasteiger partial charge in [-0.05, 0) is 61.7 Å². The summed E-state index contributed by atoms with van der Waals surface area (Å²) in [5.41, 5.74) is 3.96. The number of fused-ring (bicyclic) bond motifs is 1. The molecule has 0 bridgehead atoms. The van der Waals surface area contributed by atoms with E-state index in [0.29, 0.717) is 22.5 Å². The maximum Gasteiger partial charge on any atom is 0.264 e. The van der Waals surface area contributed by atoms with Crippen molar-refractivity contribution in [3.63, 3.8) is 0 Å². The molecule has 1 N–H and O–H groups in total. The maximum absolute atomic E-state index is 13.4. The standard InChI is InChI=1S/C23H21F2N5O/c1-14-11-19(22(24)25)21-15(2)29-30(23(21)27-14)13-20(31)28-18-5-3-16(4-6-18)12-17-7-9-26-10-8-17/h3-11,22H,12-13H2,1-2H3,(H,28,31). The van der Waals surface area contributed by atoms with Crippen LogP contribution in [0.4, 0.5) is 14.5 Å². The van der Waals surface area contributed by atoms with Gasteiger partial charge in [0.1, 0.15) is 6.54 Å². The van der Waals surface area contributed by atoms with Gasteiger partial charge < -0.3 is 5.32 Å². The van der Waals surface area contributed by atoms with Gasteiger partial charge in [0, 0.05) is 29.3 Å². The molecule has 0 saturated heterocycles. The van der Waals surface area contributed by atoms with E-state index in [1.54, 1.807) is 26.2 Å². The predicted octanol–water partition coefficient (Wildman–Crippen LogP) is 4.61. The van der Waals surface area contributed by atoms with Gasteiger partial charge in [0.2, 0.25) is 5.91 Å². The molecular weight excluding hydrogens is 400 g/mol. The molecule has 0 saturated carbocycles. The molecule has 0 aliphatic carbocycles. The SMILES string of the molecule is Cc1cc(C(F)F)c2c(C)nn(CC(=O)Nc3ccc(Cc4ccncc4)cc3)c2n1. The van der Waals surface area contributed by atoms with Crippen LogP contribution in [0.3, 0.4) is 0 Å². The minimum Gasteiger partial charge on any atom is -0.324 e. The first-order valence-electron chi connectivity index (χ1n) is 9.81. The summed E-state index contributed by atoms with van der Waals surface area (Å²) in [6.07, 6.45) is 1.64. The van der Waals surface area contributed by atoms with Crippen LogP contribution in [0.2, 0.25) is 0 Å². The highest BCUT2D eigenvalue weighted by Gasteiger charge is 2.20. The van der Waals surface area contributed by atoms with Crippen LogP contribution in [-0.2, 0) is 17.8 Å². The largest absolute Gasteiger partial charge is 0.324 e. The monoisotopic (exact) mass is 421 g/mol. The lowest BCUT2D eigenvalue weighted by atomic mass is 10.1. The van der Waals surface area contributed by atoms with Gasteiger partial charge in [0.15, 0.2) is 5.65 Å². The van der Waals surface area contributed by atoms with Gasteiger partial charge >= 0.3 is 0 Å². The van der Waals surface area contributed by atoms with Crippen molar-refractivity contribution in [1.82, 2.24) is 19.7 Å². The van der Waals surface area contributed by atoms with E-state index in [1.165, 1.54) is 10.7 Å². The smallest absolute Gasteiger partial charge is 0.264 e. The van der Waals surface area contributed by atoms with E-state index >= 15 is 0 Å². The molecule has 4 aromatic rings. The quantitative estimate of drug-likeness (QED) is 0.493. The zero-order valence-corrected chi connectivity index (χ0v) is 17.1. The number of hydrogen-bond donors (Lipinski definition) is 1. The first kappa shape index (κ1) is 20.6. The highest BCUT2D eigenvalue weighted by molar-refractivity contribution is 5.92. The lowest BCUT2D eigenvalue weighted by molar-refractivity contribution is -0.116. The number of halogens is 2. The summed E-state index contributed by atoms with van der Waals surface area (Å²) in [6, 6.07) is 12.8. The molecule has 3 heterocycles. The van der Waals surface area contributed by atoms with Crippen LogP contribution in [0.5, 0.6) is 0 Å². The first-order chi connectivity index (χ1) is 14.9. The van der Waals surface area contributed by atoms with Crippen molar-refractivity contribution in [2.45, 2.75) is 33.2 Å². The summed E-state index contributed by atoms with van der Waals surface area (Å²) in [6.45, 7) is 3.16. The van der Waals surface area contributed by atoms with Gasteiger partial charge in [0.25, 0.3) is 6.43 Å². The van der Waals surface area contributed by atoms with Crippen LogP contribution in [0, 0.1) is 13.8 Å². The Hall–Kier alpha value is -3.68. The average Bonchev–Trinajstić information content (AvgIpc) is 3.04. The van der Waals surface area contributed by atoms with Gasteiger partial charge in [-0.25, -0.2) is 18.4 Å². The Labute approximate surface area is 178 Å². The fourth-order valence-electron chi connectivity index (χ4n) is 3.58. The molecule has 1 aromatic carbocycles. The molecule has 8 heteroatoms. The van der Waals surface area contributed by atoms with Gasteiger partial charge in [0.05, 0.1) is 11.1 Å². The number of aromatic nitrogens is 4. The van der Waals surface area contributed by atoms with Crippen molar-refractivity contribution < 1.29 is 13.6 Å². The van der Waals surface area contributed by atoms with Gasteiger partial charge in [-0.1, -0.05) is 12.1 Å². The molecule has 31 heavy (non-hydrogen) atoms. The van der Waals surface area contributed by atoms with Gasteiger partial charge in [-0.3, -0.25) is 9.78 Å². The van der Waals surface area contributed by atoms with Crippen LogP contribution in [-0.4, -0.2) is 25.7 Å². The van der Waals surface area contributed by atoms with E-state index in [0.717, 1.165) is 17.5 Å². The number of aryl methyl sites for hydroxylation is 2. The van der Waals surface area contributed by atoms with Crippen molar-refractivity contribution in [2.24, 2.45) is 0 Å². The van der Waals surface area contributed by atoms with E-state index in [4.69, 9.17) is 0 Å². The molecular formula is C23H21F2N5O. The number of benzene rings is 1. The first-order valence-corrected chi connectivity index (χ1v) is 9.81. The normalized spacial score (nSPS) is 11.3. The van der Waals surface area contributed by atoms with E-state index in [2.05, 4.69) is 20.4 Å². The van der Waals surface area contributed by atoms with Crippen LogP contribution in [0.1, 0.15) is 34.5 Å². The molecule has 0 unspecified atom stereocenters. The zero-order valence-electron chi connectivity index (χ0n) is 17.1. The molecule has 0 radical (unpaired) electrons. The third kappa shape index (κ3) is 4.58. The lowest BCUT2D eigenvalue weighted by Gasteiger charge is -2.08. The summed E-state index contributed by atoms with van der Waals surface area (Å²) >= 11 is 0. The molecule has 0 atom stereocenters. The Balaban J connectivity index is 1.48. The fraction of sp³-hybridized carbons (Fsp3) is 0.217. The highest BCUT2D eigenvalue weighted by Crippen LogP contribution is 2.30. The number of pyridine rings is 2. The van der Waals surface area contributed by atoms with Crippen LogP contribution < -0.4 is 5.32 Å². The van der Waals surface area contributed by atoms with E-state index < -0.39 is 6.43 Å². The molecule has 4 rings (SSSR count). The number of rotatable bonds is 6. The lowest BCUT2D eigenvalue weighted by Crippen LogP contribution is -2.20. The Kier molecular flexibility index (Phi) is 5.70. The molecule has 6 nitrogen and oxygen atoms in total. The van der Waals surface area contributed by atoms with Gasteiger partial charge in [-0.2, -0.15) is 5.10 Å². The second-order valence-electron chi connectivity index (χ2n) is 7.37. The summed E-state index contributed by atoms with van der Waals surface area (Å²) in [5.74, 6) is -0.312. The Morgan fingerprint density at radius 3 is 2.42 bits per heavy atom. The molecule has 3 aromatic heterocycles. The summed E-state index contributed by atoms with van der Waals surface area (Å²) in [7, 11) is 0. The Bertz CT molecular complexity index is 1220. The average molecular weight is 421 g/mol. The molecule has 158 valence electrons. The fourth-order valence-corrected chi connectivity index (χ4v) is 3.58. The summed E-state index contributed by atoms with van der Waals surface area (Å²) in [5, 5.41) is 7.39. The second kappa shape index (κ2) is 8.59. The number of carbonyl (C=O) groups is 1. The van der Waals surface area contributed by atoms with Crippen molar-refractivity contribution in [3.05, 3.63) is 82.9 Å². The minimum absolute atomic E-state index is 0.114. The number of nitrogens with zero attached hydrogens (tertiary/aromatic N) is 4. The van der Waals surface area contributed by atoms with Crippen LogP contribution in [0.15, 0.2) is 54.9 Å². The zero-order chi connectivity index (χ0) is 22.0. The molecule has 0 aliphatic heterocycles. The Morgan fingerprint density at radius 2 is 1.74 bits per heavy atom. The van der Waals surface area contributed by atoms with Crippen molar-refractivity contribution >= 4 is 22.6 Å². The number of amides is 1. The van der Waals surface area contributed by atoms with Gasteiger partial charge in [-0.15, -0.1) is 0 Å². The number of hydrogen-bond acceptors (Lipinski definition) is 4. The molecule has 0 aliphatic rings. The Morgan fingerprint density at radius 1 is 1.06 bits per heavy atom.